The van der Waals surface area contributed by atoms with Crippen LogP contribution in [0.15, 0.2) is 36.4 Å². The Morgan fingerprint density at radius 1 is 1.31 bits per heavy atom. The van der Waals surface area contributed by atoms with Gasteiger partial charge >= 0.3 is 5.97 Å². The number of rotatable bonds is 4. The Hall–Kier alpha value is -1.61. The first-order valence-electron chi connectivity index (χ1n) is 4.79. The van der Waals surface area contributed by atoms with Crippen LogP contribution in [0.25, 0.3) is 5.03 Å². The molecule has 0 saturated heterocycles. The van der Waals surface area contributed by atoms with Crippen molar-refractivity contribution < 1.29 is 14.3 Å². The number of ketones is 1. The minimum Gasteiger partial charge on any atom is -0.460 e. The summed E-state index contributed by atoms with van der Waals surface area (Å²) in [7, 11) is 0. The molecule has 0 aliphatic carbocycles. The Balaban J connectivity index is 2.78. The topological polar surface area (TPSA) is 43.4 Å². The van der Waals surface area contributed by atoms with E-state index in [4.69, 9.17) is 11.6 Å². The van der Waals surface area contributed by atoms with Crippen LogP contribution >= 0.6 is 11.6 Å². The van der Waals surface area contributed by atoms with Crippen LogP contribution in [0.5, 0.6) is 0 Å². The van der Waals surface area contributed by atoms with E-state index in [9.17, 15) is 9.59 Å². The first kappa shape index (κ1) is 12.5. The van der Waals surface area contributed by atoms with Crippen LogP contribution in [0.1, 0.15) is 12.5 Å². The summed E-state index contributed by atoms with van der Waals surface area (Å²) in [6.45, 7) is 1.80. The molecule has 84 valence electrons. The van der Waals surface area contributed by atoms with Crippen LogP contribution in [0.3, 0.4) is 0 Å². The standard InChI is InChI=1S/C12H11ClO3/c1-2-16-12(15)11(14)8-10(13)9-6-4-3-5-7-9/h3-8H,2H2,1H3. The van der Waals surface area contributed by atoms with Crippen molar-refractivity contribution in [3.8, 4) is 0 Å². The second kappa shape index (κ2) is 6.08. The van der Waals surface area contributed by atoms with Crippen molar-refractivity contribution >= 4 is 28.4 Å². The third-order valence-corrected chi connectivity index (χ3v) is 2.11. The summed E-state index contributed by atoms with van der Waals surface area (Å²) in [5, 5.41) is 0.221. The molecule has 4 heteroatoms. The van der Waals surface area contributed by atoms with E-state index in [1.165, 1.54) is 0 Å². The van der Waals surface area contributed by atoms with Crippen molar-refractivity contribution in [2.24, 2.45) is 0 Å². The lowest BCUT2D eigenvalue weighted by Crippen LogP contribution is -2.14. The molecular formula is C12H11ClO3. The fourth-order valence-corrected chi connectivity index (χ4v) is 1.28. The molecule has 0 aromatic heterocycles. The smallest absolute Gasteiger partial charge is 0.379 e. The molecule has 3 nitrogen and oxygen atoms in total. The highest BCUT2D eigenvalue weighted by atomic mass is 35.5. The Labute approximate surface area is 98.7 Å². The molecule has 0 N–H and O–H groups in total. The van der Waals surface area contributed by atoms with E-state index >= 15 is 0 Å². The van der Waals surface area contributed by atoms with E-state index in [2.05, 4.69) is 4.74 Å². The molecule has 0 heterocycles. The maximum Gasteiger partial charge on any atom is 0.379 e. The molecule has 0 fully saturated rings. The number of benzene rings is 1. The molecule has 1 aromatic carbocycles. The summed E-state index contributed by atoms with van der Waals surface area (Å²) in [4.78, 5) is 22.3. The van der Waals surface area contributed by atoms with Crippen LogP contribution in [-0.2, 0) is 14.3 Å². The second-order valence-corrected chi connectivity index (χ2v) is 3.35. The lowest BCUT2D eigenvalue weighted by molar-refractivity contribution is -0.151. The number of ether oxygens (including phenoxy) is 1. The minimum absolute atomic E-state index is 0.168. The van der Waals surface area contributed by atoms with Crippen LogP contribution in [0.4, 0.5) is 0 Å². The monoisotopic (exact) mass is 238 g/mol. The molecule has 0 aliphatic rings. The number of halogens is 1. The molecule has 0 atom stereocenters. The predicted molar refractivity (Wildman–Crippen MR) is 61.9 cm³/mol. The molecule has 0 spiro atoms. The molecule has 0 unspecified atom stereocenters. The summed E-state index contributed by atoms with van der Waals surface area (Å²) in [5.41, 5.74) is 0.682. The highest BCUT2D eigenvalue weighted by Crippen LogP contribution is 2.17. The van der Waals surface area contributed by atoms with E-state index in [0.717, 1.165) is 6.08 Å². The van der Waals surface area contributed by atoms with E-state index in [1.54, 1.807) is 31.2 Å². The molecule has 0 radical (unpaired) electrons. The lowest BCUT2D eigenvalue weighted by Gasteiger charge is -1.99. The molecule has 0 amide bonds. The van der Waals surface area contributed by atoms with Gasteiger partial charge in [0, 0.05) is 6.08 Å². The van der Waals surface area contributed by atoms with Gasteiger partial charge in [-0.2, -0.15) is 0 Å². The summed E-state index contributed by atoms with van der Waals surface area (Å²) in [6.07, 6.45) is 1.06. The van der Waals surface area contributed by atoms with Crippen LogP contribution < -0.4 is 0 Å². The third-order valence-electron chi connectivity index (χ3n) is 1.78. The van der Waals surface area contributed by atoms with E-state index in [1.807, 2.05) is 6.07 Å². The largest absolute Gasteiger partial charge is 0.460 e. The van der Waals surface area contributed by atoms with Gasteiger partial charge in [0.2, 0.25) is 0 Å². The van der Waals surface area contributed by atoms with Gasteiger partial charge < -0.3 is 4.74 Å². The van der Waals surface area contributed by atoms with E-state index in [-0.39, 0.29) is 11.6 Å². The summed E-state index contributed by atoms with van der Waals surface area (Å²) in [5.74, 6) is -1.65. The number of esters is 1. The zero-order valence-corrected chi connectivity index (χ0v) is 9.53. The molecule has 1 aromatic rings. The Morgan fingerprint density at radius 2 is 1.94 bits per heavy atom. The van der Waals surface area contributed by atoms with Crippen LogP contribution in [0, 0.1) is 0 Å². The zero-order chi connectivity index (χ0) is 12.0. The maximum absolute atomic E-state index is 11.3. The number of carbonyl (C=O) groups excluding carboxylic acids is 2. The minimum atomic E-state index is -0.892. The Bertz CT molecular complexity index is 410. The third kappa shape index (κ3) is 3.51. The highest BCUT2D eigenvalue weighted by molar-refractivity contribution is 6.53. The second-order valence-electron chi connectivity index (χ2n) is 2.94. The molecule has 0 saturated carbocycles. The first-order valence-corrected chi connectivity index (χ1v) is 5.16. The number of carbonyl (C=O) groups is 2. The zero-order valence-electron chi connectivity index (χ0n) is 8.77. The first-order chi connectivity index (χ1) is 7.65. The van der Waals surface area contributed by atoms with Crippen molar-refractivity contribution in [2.75, 3.05) is 6.61 Å². The number of hydrogen-bond donors (Lipinski definition) is 0. The quantitative estimate of drug-likeness (QED) is 0.460. The van der Waals surface area contributed by atoms with Gasteiger partial charge in [0.15, 0.2) is 0 Å². The summed E-state index contributed by atoms with van der Waals surface area (Å²) >= 11 is 5.88. The van der Waals surface area contributed by atoms with Gasteiger partial charge in [-0.15, -0.1) is 0 Å². The van der Waals surface area contributed by atoms with Gasteiger partial charge in [-0.25, -0.2) is 4.79 Å². The fraction of sp³-hybridized carbons (Fsp3) is 0.167. The molecular weight excluding hydrogens is 228 g/mol. The highest BCUT2D eigenvalue weighted by Gasteiger charge is 2.12. The van der Waals surface area contributed by atoms with Gasteiger partial charge in [0.1, 0.15) is 0 Å². The van der Waals surface area contributed by atoms with Gasteiger partial charge in [-0.1, -0.05) is 41.9 Å². The molecule has 16 heavy (non-hydrogen) atoms. The van der Waals surface area contributed by atoms with Crippen molar-refractivity contribution in [3.05, 3.63) is 42.0 Å². The van der Waals surface area contributed by atoms with Gasteiger partial charge in [0.05, 0.1) is 11.6 Å². The average Bonchev–Trinajstić information content (AvgIpc) is 2.30. The van der Waals surface area contributed by atoms with Crippen LogP contribution in [-0.4, -0.2) is 18.4 Å². The Morgan fingerprint density at radius 3 is 2.50 bits per heavy atom. The van der Waals surface area contributed by atoms with Crippen molar-refractivity contribution in [1.82, 2.24) is 0 Å². The fourth-order valence-electron chi connectivity index (χ4n) is 1.06. The van der Waals surface area contributed by atoms with Crippen molar-refractivity contribution in [1.29, 1.82) is 0 Å². The van der Waals surface area contributed by atoms with Gasteiger partial charge in [0.25, 0.3) is 5.78 Å². The summed E-state index contributed by atoms with van der Waals surface area (Å²) in [6, 6.07) is 8.91. The van der Waals surface area contributed by atoms with E-state index < -0.39 is 11.8 Å². The van der Waals surface area contributed by atoms with Crippen molar-refractivity contribution in [2.45, 2.75) is 6.92 Å². The Kier molecular flexibility index (Phi) is 4.73. The van der Waals surface area contributed by atoms with Gasteiger partial charge in [-0.05, 0) is 12.5 Å². The molecule has 0 bridgehead atoms. The van der Waals surface area contributed by atoms with Crippen LogP contribution in [0.2, 0.25) is 0 Å². The van der Waals surface area contributed by atoms with Crippen molar-refractivity contribution in [3.63, 3.8) is 0 Å². The normalized spacial score (nSPS) is 11.0. The predicted octanol–water partition coefficient (Wildman–Crippen LogP) is 2.40. The molecule has 0 aliphatic heterocycles. The average molecular weight is 239 g/mol. The summed E-state index contributed by atoms with van der Waals surface area (Å²) < 4.78 is 4.55. The number of hydrogen-bond acceptors (Lipinski definition) is 3. The van der Waals surface area contributed by atoms with Gasteiger partial charge in [-0.3, -0.25) is 4.79 Å². The SMILES string of the molecule is CCOC(=O)C(=O)C=C(Cl)c1ccccc1. The lowest BCUT2D eigenvalue weighted by atomic mass is 10.2. The maximum atomic E-state index is 11.3. The molecule has 1 rings (SSSR count). The van der Waals surface area contributed by atoms with E-state index in [0.29, 0.717) is 5.56 Å².